The van der Waals surface area contributed by atoms with E-state index in [9.17, 15) is 14.7 Å². The van der Waals surface area contributed by atoms with Gasteiger partial charge in [0.05, 0.1) is 12.6 Å². The summed E-state index contributed by atoms with van der Waals surface area (Å²) in [6.07, 6.45) is 27.3. The van der Waals surface area contributed by atoms with Gasteiger partial charge in [0.1, 0.15) is 5.56 Å². The SMILES string of the molecule is CC1C=CC(C(Cn2c(=O)c(C(=O)N(C)C3C=CC(CO)=CC3C)cc3c2=CCCC=3)C2=CC=CCC2C)=CC1. The van der Waals surface area contributed by atoms with E-state index in [1.807, 2.05) is 29.7 Å². The maximum Gasteiger partial charge on any atom is 0.263 e. The first-order chi connectivity index (χ1) is 19.3. The molecule has 0 radical (unpaired) electrons. The van der Waals surface area contributed by atoms with Crippen LogP contribution >= 0.6 is 0 Å². The lowest BCUT2D eigenvalue weighted by Crippen LogP contribution is -2.50. The molecule has 5 heteroatoms. The molecule has 1 aromatic rings. The van der Waals surface area contributed by atoms with Crippen LogP contribution in [-0.4, -0.2) is 40.2 Å². The minimum atomic E-state index is -0.266. The molecule has 0 spiro atoms. The molecule has 5 nitrogen and oxygen atoms in total. The predicted molar refractivity (Wildman–Crippen MR) is 163 cm³/mol. The summed E-state index contributed by atoms with van der Waals surface area (Å²) in [6, 6.07) is 1.62. The van der Waals surface area contributed by atoms with Crippen LogP contribution in [0.4, 0.5) is 0 Å². The van der Waals surface area contributed by atoms with E-state index in [2.05, 4.69) is 62.5 Å². The summed E-state index contributed by atoms with van der Waals surface area (Å²) in [4.78, 5) is 29.8. The van der Waals surface area contributed by atoms with Crippen molar-refractivity contribution in [2.45, 2.75) is 59.0 Å². The van der Waals surface area contributed by atoms with Crippen LogP contribution in [0.2, 0.25) is 0 Å². The first-order valence-electron chi connectivity index (χ1n) is 14.7. The van der Waals surface area contributed by atoms with Gasteiger partial charge in [-0.15, -0.1) is 0 Å². The molecule has 4 aliphatic carbocycles. The number of aromatic nitrogens is 1. The van der Waals surface area contributed by atoms with Gasteiger partial charge in [0.2, 0.25) is 0 Å². The number of amides is 1. The molecule has 40 heavy (non-hydrogen) atoms. The predicted octanol–water partition coefficient (Wildman–Crippen LogP) is 4.43. The van der Waals surface area contributed by atoms with Crippen molar-refractivity contribution in [3.8, 4) is 0 Å². The second-order valence-electron chi connectivity index (χ2n) is 11.9. The number of carbonyl (C=O) groups is 1. The number of hydrogen-bond donors (Lipinski definition) is 1. The third-order valence-corrected chi connectivity index (χ3v) is 8.93. The fourth-order valence-corrected chi connectivity index (χ4v) is 6.50. The van der Waals surface area contributed by atoms with Crippen LogP contribution in [-0.2, 0) is 6.54 Å². The van der Waals surface area contributed by atoms with Crippen molar-refractivity contribution in [1.29, 1.82) is 0 Å². The zero-order valence-electron chi connectivity index (χ0n) is 24.2. The monoisotopic (exact) mass is 538 g/mol. The van der Waals surface area contributed by atoms with Crippen LogP contribution in [0.25, 0.3) is 12.2 Å². The van der Waals surface area contributed by atoms with Crippen molar-refractivity contribution in [3.05, 3.63) is 104 Å². The Morgan fingerprint density at radius 2 is 1.90 bits per heavy atom. The third-order valence-electron chi connectivity index (χ3n) is 8.93. The van der Waals surface area contributed by atoms with E-state index in [1.54, 1.807) is 18.0 Å². The van der Waals surface area contributed by atoms with Gasteiger partial charge < -0.3 is 14.6 Å². The van der Waals surface area contributed by atoms with Gasteiger partial charge in [-0.3, -0.25) is 9.59 Å². The zero-order valence-corrected chi connectivity index (χ0v) is 24.2. The van der Waals surface area contributed by atoms with Crippen LogP contribution in [0, 0.1) is 23.7 Å². The fourth-order valence-electron chi connectivity index (χ4n) is 6.50. The van der Waals surface area contributed by atoms with Crippen LogP contribution in [0.15, 0.2) is 82.3 Å². The lowest BCUT2D eigenvalue weighted by Gasteiger charge is -2.32. The average Bonchev–Trinajstić information content (AvgIpc) is 2.97. The van der Waals surface area contributed by atoms with Crippen LogP contribution in [0.1, 0.15) is 56.8 Å². The molecule has 5 rings (SSSR count). The third kappa shape index (κ3) is 5.57. The molecule has 0 aromatic carbocycles. The maximum absolute atomic E-state index is 14.2. The van der Waals surface area contributed by atoms with Crippen LogP contribution in [0.5, 0.6) is 0 Å². The highest BCUT2D eigenvalue weighted by Crippen LogP contribution is 2.35. The summed E-state index contributed by atoms with van der Waals surface area (Å²) >= 11 is 0. The lowest BCUT2D eigenvalue weighted by atomic mass is 9.78. The molecule has 1 amide bonds. The number of pyridine rings is 1. The second kappa shape index (κ2) is 12.0. The summed E-state index contributed by atoms with van der Waals surface area (Å²) in [6.45, 7) is 7.01. The Hall–Kier alpha value is -3.44. The average molecular weight is 539 g/mol. The quantitative estimate of drug-likeness (QED) is 0.559. The molecule has 1 heterocycles. The molecular formula is C35H42N2O3. The Balaban J connectivity index is 1.57. The molecule has 210 valence electrons. The Morgan fingerprint density at radius 1 is 1.10 bits per heavy atom. The minimum Gasteiger partial charge on any atom is -0.392 e. The Labute approximate surface area is 237 Å². The Kier molecular flexibility index (Phi) is 8.41. The number of aliphatic hydroxyl groups excluding tert-OH is 1. The number of likely N-dealkylation sites (N-methyl/N-ethyl adjacent to an activating group) is 1. The van der Waals surface area contributed by atoms with Gasteiger partial charge in [-0.05, 0) is 65.9 Å². The lowest BCUT2D eigenvalue weighted by molar-refractivity contribution is 0.0734. The summed E-state index contributed by atoms with van der Waals surface area (Å²) in [5.41, 5.74) is 3.44. The van der Waals surface area contributed by atoms with E-state index < -0.39 is 0 Å². The summed E-state index contributed by atoms with van der Waals surface area (Å²) < 4.78 is 1.87. The Bertz CT molecular complexity index is 1530. The standard InChI is InChI=1S/C35H42N2O3/c1-23-13-16-27(17-14-23)31(29-11-7-5-9-24(29)2)21-37-33-12-8-6-10-28(33)20-30(35(37)40)34(39)36(4)32-18-15-26(22-38)19-25(32)3/h5,7,10-13,15-20,23-25,31-32,38H,6,8-9,14,21-22H2,1-4H3. The van der Waals surface area contributed by atoms with Gasteiger partial charge in [0.15, 0.2) is 0 Å². The van der Waals surface area contributed by atoms with Crippen molar-refractivity contribution in [1.82, 2.24) is 9.47 Å². The van der Waals surface area contributed by atoms with E-state index in [0.717, 1.165) is 41.8 Å². The molecule has 0 aliphatic heterocycles. The van der Waals surface area contributed by atoms with E-state index in [-0.39, 0.29) is 41.5 Å². The van der Waals surface area contributed by atoms with Crippen molar-refractivity contribution in [2.75, 3.05) is 13.7 Å². The largest absolute Gasteiger partial charge is 0.392 e. The summed E-state index contributed by atoms with van der Waals surface area (Å²) in [5.74, 6) is 0.727. The molecule has 1 aromatic heterocycles. The number of allylic oxidation sites excluding steroid dienone is 8. The van der Waals surface area contributed by atoms with E-state index in [0.29, 0.717) is 18.4 Å². The van der Waals surface area contributed by atoms with Gasteiger partial charge >= 0.3 is 0 Å². The smallest absolute Gasteiger partial charge is 0.263 e. The first-order valence-corrected chi connectivity index (χ1v) is 14.7. The maximum atomic E-state index is 14.2. The van der Waals surface area contributed by atoms with Crippen molar-refractivity contribution in [2.24, 2.45) is 23.7 Å². The number of hydrogen-bond acceptors (Lipinski definition) is 3. The fraction of sp³-hybridized carbons (Fsp3) is 0.429. The zero-order chi connectivity index (χ0) is 28.4. The number of aliphatic hydroxyl groups is 1. The molecule has 0 saturated carbocycles. The number of rotatable bonds is 7. The molecule has 1 N–H and O–H groups in total. The van der Waals surface area contributed by atoms with E-state index >= 15 is 0 Å². The summed E-state index contributed by atoms with van der Waals surface area (Å²) in [5, 5.41) is 11.4. The van der Waals surface area contributed by atoms with Gasteiger partial charge in [-0.1, -0.05) is 93.2 Å². The van der Waals surface area contributed by atoms with Gasteiger partial charge in [0.25, 0.3) is 11.5 Å². The first kappa shape index (κ1) is 28.1. The number of carbonyl (C=O) groups excluding carboxylic acids is 1. The van der Waals surface area contributed by atoms with Crippen molar-refractivity contribution < 1.29 is 9.90 Å². The van der Waals surface area contributed by atoms with Gasteiger partial charge in [0, 0.05) is 24.9 Å². The van der Waals surface area contributed by atoms with Crippen molar-refractivity contribution >= 4 is 18.1 Å². The van der Waals surface area contributed by atoms with Crippen molar-refractivity contribution in [3.63, 3.8) is 0 Å². The topological polar surface area (TPSA) is 62.5 Å². The highest BCUT2D eigenvalue weighted by Gasteiger charge is 2.29. The molecule has 0 bridgehead atoms. The van der Waals surface area contributed by atoms with E-state index in [4.69, 9.17) is 0 Å². The highest BCUT2D eigenvalue weighted by atomic mass is 16.3. The molecule has 0 fully saturated rings. The second-order valence-corrected chi connectivity index (χ2v) is 11.9. The molecule has 4 aliphatic rings. The highest BCUT2D eigenvalue weighted by molar-refractivity contribution is 5.94. The molecule has 5 unspecified atom stereocenters. The van der Waals surface area contributed by atoms with E-state index in [1.165, 1.54) is 11.1 Å². The minimum absolute atomic E-state index is 0.0242. The molecule has 5 atom stereocenters. The van der Waals surface area contributed by atoms with Gasteiger partial charge in [-0.2, -0.15) is 0 Å². The normalized spacial score (nSPS) is 26.1. The number of fused-ring (bicyclic) bond motifs is 1. The van der Waals surface area contributed by atoms with Gasteiger partial charge in [-0.25, -0.2) is 0 Å². The van der Waals surface area contributed by atoms with Crippen LogP contribution < -0.4 is 16.1 Å². The molecule has 0 saturated heterocycles. The summed E-state index contributed by atoms with van der Waals surface area (Å²) in [7, 11) is 1.77. The number of nitrogens with zero attached hydrogens (tertiary/aromatic N) is 2. The molecular weight excluding hydrogens is 496 g/mol. The van der Waals surface area contributed by atoms with Crippen LogP contribution in [0.3, 0.4) is 0 Å². The Morgan fingerprint density at radius 3 is 2.60 bits per heavy atom.